The number of anilines is 2. The molecule has 0 radical (unpaired) electrons. The van der Waals surface area contributed by atoms with E-state index in [2.05, 4.69) is 22.2 Å². The summed E-state index contributed by atoms with van der Waals surface area (Å²) in [5.41, 5.74) is 4.66. The molecule has 1 aromatic carbocycles. The van der Waals surface area contributed by atoms with Gasteiger partial charge in [0.15, 0.2) is 0 Å². The summed E-state index contributed by atoms with van der Waals surface area (Å²) in [6.07, 6.45) is 1.72. The first-order chi connectivity index (χ1) is 9.13. The molecule has 1 heterocycles. The van der Waals surface area contributed by atoms with Crippen molar-refractivity contribution in [1.29, 1.82) is 0 Å². The lowest BCUT2D eigenvalue weighted by atomic mass is 10.1. The molecule has 5 heteroatoms. The normalized spacial score (nSPS) is 12.0. The van der Waals surface area contributed by atoms with Crippen LogP contribution in [0.3, 0.4) is 0 Å². The zero-order valence-electron chi connectivity index (χ0n) is 11.0. The topological polar surface area (TPSA) is 54.2 Å². The summed E-state index contributed by atoms with van der Waals surface area (Å²) in [5, 5.41) is 0.771. The fourth-order valence-corrected chi connectivity index (χ4v) is 2.26. The lowest BCUT2D eigenvalue weighted by Crippen LogP contribution is -2.22. The number of aromatic nitrogens is 1. The molecule has 1 unspecified atom stereocenters. The molecule has 0 aliphatic heterocycles. The molecule has 0 saturated heterocycles. The number of pyridine rings is 1. The third kappa shape index (κ3) is 2.97. The zero-order valence-corrected chi connectivity index (χ0v) is 11.7. The third-order valence-corrected chi connectivity index (χ3v) is 3.58. The van der Waals surface area contributed by atoms with E-state index in [0.29, 0.717) is 5.82 Å². The van der Waals surface area contributed by atoms with Crippen molar-refractivity contribution in [1.82, 2.24) is 4.98 Å². The molecule has 0 saturated carbocycles. The average Bonchev–Trinajstić information content (AvgIpc) is 2.46. The Morgan fingerprint density at radius 1 is 1.32 bits per heavy atom. The van der Waals surface area contributed by atoms with Crippen molar-refractivity contribution >= 4 is 23.1 Å². The summed E-state index contributed by atoms with van der Waals surface area (Å²) in [6.45, 7) is 2.11. The highest BCUT2D eigenvalue weighted by molar-refractivity contribution is 6.31. The number of benzene rings is 1. The zero-order chi connectivity index (χ0) is 13.8. The molecule has 19 heavy (non-hydrogen) atoms. The predicted octanol–water partition coefficient (Wildman–Crippen LogP) is 3.22. The number of rotatable bonds is 4. The Hall–Kier alpha value is -1.78. The summed E-state index contributed by atoms with van der Waals surface area (Å²) >= 11 is 6.24. The molecular weight excluding hydrogens is 260 g/mol. The second-order valence-electron chi connectivity index (χ2n) is 4.35. The Labute approximate surface area is 118 Å². The molecule has 0 fully saturated rings. The quantitative estimate of drug-likeness (QED) is 0.665. The molecule has 0 amide bonds. The van der Waals surface area contributed by atoms with E-state index in [9.17, 15) is 0 Å². The molecule has 0 spiro atoms. The van der Waals surface area contributed by atoms with Crippen molar-refractivity contribution in [3.05, 3.63) is 53.2 Å². The lowest BCUT2D eigenvalue weighted by Gasteiger charge is -2.28. The van der Waals surface area contributed by atoms with Crippen LogP contribution in [0, 0.1) is 0 Å². The monoisotopic (exact) mass is 276 g/mol. The molecule has 0 bridgehead atoms. The largest absolute Gasteiger partial charge is 0.368 e. The minimum absolute atomic E-state index is 0.154. The molecule has 4 nitrogen and oxygen atoms in total. The maximum absolute atomic E-state index is 6.24. The van der Waals surface area contributed by atoms with E-state index in [-0.39, 0.29) is 6.04 Å². The first kappa shape index (κ1) is 13.6. The number of halogens is 1. The van der Waals surface area contributed by atoms with Crippen LogP contribution in [0.2, 0.25) is 5.02 Å². The summed E-state index contributed by atoms with van der Waals surface area (Å²) in [5.74, 6) is 6.01. The van der Waals surface area contributed by atoms with Gasteiger partial charge in [0.2, 0.25) is 0 Å². The highest BCUT2D eigenvalue weighted by Gasteiger charge is 2.15. The molecule has 2 aromatic rings. The summed E-state index contributed by atoms with van der Waals surface area (Å²) in [6, 6.07) is 11.9. The summed E-state index contributed by atoms with van der Waals surface area (Å²) in [7, 11) is 2.02. The Morgan fingerprint density at radius 2 is 2.05 bits per heavy atom. The van der Waals surface area contributed by atoms with Crippen molar-refractivity contribution in [2.24, 2.45) is 5.84 Å². The first-order valence-corrected chi connectivity index (χ1v) is 6.41. The second-order valence-corrected chi connectivity index (χ2v) is 4.76. The SMILES string of the molecule is CC(c1ccccc1Cl)N(C)c1ccnc(NN)c1. The van der Waals surface area contributed by atoms with Gasteiger partial charge in [-0.15, -0.1) is 0 Å². The van der Waals surface area contributed by atoms with Crippen LogP contribution >= 0.6 is 11.6 Å². The van der Waals surface area contributed by atoms with Gasteiger partial charge in [0.05, 0.1) is 6.04 Å². The minimum Gasteiger partial charge on any atom is -0.368 e. The van der Waals surface area contributed by atoms with Crippen LogP contribution in [0.1, 0.15) is 18.5 Å². The van der Waals surface area contributed by atoms with Crippen LogP contribution in [0.4, 0.5) is 11.5 Å². The van der Waals surface area contributed by atoms with E-state index in [1.54, 1.807) is 6.20 Å². The van der Waals surface area contributed by atoms with Gasteiger partial charge in [-0.1, -0.05) is 29.8 Å². The molecule has 0 aliphatic rings. The molecule has 1 atom stereocenters. The Morgan fingerprint density at radius 3 is 2.74 bits per heavy atom. The first-order valence-electron chi connectivity index (χ1n) is 6.03. The Kier molecular flexibility index (Phi) is 4.24. The van der Waals surface area contributed by atoms with Crippen LogP contribution in [0.25, 0.3) is 0 Å². The number of hydrazine groups is 1. The van der Waals surface area contributed by atoms with Crippen LogP contribution in [0.15, 0.2) is 42.6 Å². The van der Waals surface area contributed by atoms with E-state index in [1.807, 2.05) is 43.4 Å². The smallest absolute Gasteiger partial charge is 0.141 e. The molecular formula is C14H17ClN4. The third-order valence-electron chi connectivity index (χ3n) is 3.23. The molecule has 1 aromatic heterocycles. The van der Waals surface area contributed by atoms with Gasteiger partial charge in [0.25, 0.3) is 0 Å². The highest BCUT2D eigenvalue weighted by Crippen LogP contribution is 2.30. The summed E-state index contributed by atoms with van der Waals surface area (Å²) in [4.78, 5) is 6.23. The van der Waals surface area contributed by atoms with E-state index < -0.39 is 0 Å². The minimum atomic E-state index is 0.154. The van der Waals surface area contributed by atoms with Crippen molar-refractivity contribution in [3.8, 4) is 0 Å². The van der Waals surface area contributed by atoms with Gasteiger partial charge in [-0.05, 0) is 24.6 Å². The van der Waals surface area contributed by atoms with Crippen LogP contribution in [-0.4, -0.2) is 12.0 Å². The number of nitrogen functional groups attached to an aromatic ring is 1. The van der Waals surface area contributed by atoms with Gasteiger partial charge in [0, 0.05) is 30.0 Å². The van der Waals surface area contributed by atoms with Crippen LogP contribution in [-0.2, 0) is 0 Å². The standard InChI is InChI=1S/C14H17ClN4/c1-10(12-5-3-4-6-13(12)15)19(2)11-7-8-17-14(9-11)18-16/h3-10H,16H2,1-2H3,(H,17,18). The van der Waals surface area contributed by atoms with E-state index in [1.165, 1.54) is 0 Å². The van der Waals surface area contributed by atoms with Gasteiger partial charge < -0.3 is 10.3 Å². The van der Waals surface area contributed by atoms with Gasteiger partial charge in [-0.2, -0.15) is 0 Å². The Bertz CT molecular complexity index is 559. The molecule has 0 aliphatic carbocycles. The van der Waals surface area contributed by atoms with E-state index >= 15 is 0 Å². The molecule has 3 N–H and O–H groups in total. The Balaban J connectivity index is 2.28. The predicted molar refractivity (Wildman–Crippen MR) is 80.3 cm³/mol. The fraction of sp³-hybridized carbons (Fsp3) is 0.214. The second kappa shape index (κ2) is 5.91. The summed E-state index contributed by atoms with van der Waals surface area (Å²) < 4.78 is 0. The van der Waals surface area contributed by atoms with Crippen molar-refractivity contribution in [2.75, 3.05) is 17.4 Å². The molecule has 2 rings (SSSR count). The number of nitrogens with zero attached hydrogens (tertiary/aromatic N) is 2. The number of hydrogen-bond acceptors (Lipinski definition) is 4. The van der Waals surface area contributed by atoms with E-state index in [4.69, 9.17) is 17.4 Å². The highest BCUT2D eigenvalue weighted by atomic mass is 35.5. The van der Waals surface area contributed by atoms with Gasteiger partial charge in [0.1, 0.15) is 5.82 Å². The number of nitrogens with two attached hydrogens (primary N) is 1. The van der Waals surface area contributed by atoms with Crippen molar-refractivity contribution < 1.29 is 0 Å². The maximum Gasteiger partial charge on any atom is 0.141 e. The van der Waals surface area contributed by atoms with Gasteiger partial charge in [-0.25, -0.2) is 10.8 Å². The maximum atomic E-state index is 6.24. The number of nitrogens with one attached hydrogen (secondary N) is 1. The van der Waals surface area contributed by atoms with Crippen LogP contribution in [0.5, 0.6) is 0 Å². The lowest BCUT2D eigenvalue weighted by molar-refractivity contribution is 0.739. The molecule has 100 valence electrons. The average molecular weight is 277 g/mol. The van der Waals surface area contributed by atoms with Gasteiger partial charge >= 0.3 is 0 Å². The van der Waals surface area contributed by atoms with Crippen LogP contribution < -0.4 is 16.2 Å². The van der Waals surface area contributed by atoms with Crippen molar-refractivity contribution in [3.63, 3.8) is 0 Å². The number of hydrogen-bond donors (Lipinski definition) is 2. The van der Waals surface area contributed by atoms with Gasteiger partial charge in [-0.3, -0.25) is 0 Å². The van der Waals surface area contributed by atoms with Crippen molar-refractivity contribution in [2.45, 2.75) is 13.0 Å². The van der Waals surface area contributed by atoms with E-state index in [0.717, 1.165) is 16.3 Å². The fourth-order valence-electron chi connectivity index (χ4n) is 1.96.